The molecule has 0 fully saturated rings. The fourth-order valence-electron chi connectivity index (χ4n) is 3.30. The zero-order valence-electron chi connectivity index (χ0n) is 14.2. The van der Waals surface area contributed by atoms with Crippen LogP contribution >= 0.6 is 0 Å². The van der Waals surface area contributed by atoms with Gasteiger partial charge in [-0.25, -0.2) is 0 Å². The van der Waals surface area contributed by atoms with Crippen LogP contribution in [0.3, 0.4) is 0 Å². The number of fused-ring (bicyclic) bond motifs is 1. The van der Waals surface area contributed by atoms with Gasteiger partial charge in [0.25, 0.3) is 11.4 Å². The van der Waals surface area contributed by atoms with Crippen molar-refractivity contribution in [2.75, 3.05) is 0 Å². The average molecular weight is 340 g/mol. The molecule has 0 saturated carbocycles. The Morgan fingerprint density at radius 3 is 2.12 bits per heavy atom. The summed E-state index contributed by atoms with van der Waals surface area (Å²) in [4.78, 5) is 21.0. The molecule has 1 heterocycles. The summed E-state index contributed by atoms with van der Waals surface area (Å²) in [5.41, 5.74) is 3.13. The molecule has 2 aromatic carbocycles. The van der Waals surface area contributed by atoms with Crippen LogP contribution in [0.15, 0.2) is 42.5 Å². The molecule has 1 aliphatic rings. The van der Waals surface area contributed by atoms with E-state index in [9.17, 15) is 20.2 Å². The predicted octanol–water partition coefficient (Wildman–Crippen LogP) is 4.10. The van der Waals surface area contributed by atoms with Gasteiger partial charge in [0.1, 0.15) is 0 Å². The first-order chi connectivity index (χ1) is 11.7. The highest BCUT2D eigenvalue weighted by molar-refractivity contribution is 5.93. The van der Waals surface area contributed by atoms with Crippen molar-refractivity contribution in [3.63, 3.8) is 0 Å². The number of non-ortho nitro benzene ring substituents is 2. The third-order valence-corrected chi connectivity index (χ3v) is 4.90. The van der Waals surface area contributed by atoms with Crippen LogP contribution in [0.2, 0.25) is 0 Å². The minimum absolute atomic E-state index is 0.163. The van der Waals surface area contributed by atoms with Gasteiger partial charge in [-0.3, -0.25) is 20.2 Å². The normalized spacial score (nSPS) is 15.2. The van der Waals surface area contributed by atoms with Gasteiger partial charge in [0.15, 0.2) is 12.3 Å². The number of hydrogen-bond acceptors (Lipinski definition) is 4. The number of nitrogens with zero attached hydrogens (tertiary/aromatic N) is 3. The minimum Gasteiger partial charge on any atom is -0.258 e. The highest BCUT2D eigenvalue weighted by Crippen LogP contribution is 2.40. The largest absolute Gasteiger partial charge is 0.276 e. The maximum Gasteiger partial charge on any atom is 0.276 e. The summed E-state index contributed by atoms with van der Waals surface area (Å²) < 4.78 is 2.07. The summed E-state index contributed by atoms with van der Waals surface area (Å²) in [6.07, 6.45) is 0. The smallest absolute Gasteiger partial charge is 0.258 e. The summed E-state index contributed by atoms with van der Waals surface area (Å²) >= 11 is 0. The van der Waals surface area contributed by atoms with Gasteiger partial charge in [-0.15, -0.1) is 0 Å². The van der Waals surface area contributed by atoms with Crippen molar-refractivity contribution >= 4 is 22.8 Å². The van der Waals surface area contributed by atoms with Crippen LogP contribution in [-0.4, -0.2) is 20.1 Å². The van der Waals surface area contributed by atoms with E-state index in [-0.39, 0.29) is 16.8 Å². The van der Waals surface area contributed by atoms with Gasteiger partial charge >= 0.3 is 0 Å². The second kappa shape index (κ2) is 5.77. The molecule has 128 valence electrons. The van der Waals surface area contributed by atoms with Gasteiger partial charge in [-0.05, 0) is 13.8 Å². The highest BCUT2D eigenvalue weighted by Gasteiger charge is 2.42. The Balaban J connectivity index is 2.10. The van der Waals surface area contributed by atoms with E-state index in [1.165, 1.54) is 17.7 Å². The highest BCUT2D eigenvalue weighted by atomic mass is 16.6. The van der Waals surface area contributed by atoms with Crippen LogP contribution in [0.4, 0.5) is 17.1 Å². The fourth-order valence-corrected chi connectivity index (χ4v) is 3.30. The molecule has 0 spiro atoms. The van der Waals surface area contributed by atoms with Crippen LogP contribution in [0, 0.1) is 20.2 Å². The molecule has 0 aliphatic carbocycles. The van der Waals surface area contributed by atoms with Crippen LogP contribution in [-0.2, 0) is 12.0 Å². The molecule has 0 N–H and O–H groups in total. The van der Waals surface area contributed by atoms with Crippen LogP contribution < -0.4 is 0 Å². The van der Waals surface area contributed by atoms with Crippen LogP contribution in [0.1, 0.15) is 31.9 Å². The van der Waals surface area contributed by atoms with Crippen LogP contribution in [0.5, 0.6) is 0 Å². The molecule has 0 bridgehead atoms. The van der Waals surface area contributed by atoms with Crippen molar-refractivity contribution in [3.05, 3.63) is 73.8 Å². The first-order valence-electron chi connectivity index (χ1n) is 7.85. The first-order valence-corrected chi connectivity index (χ1v) is 7.85. The standard InChI is InChI=1S/C18H18N3O4/c1-12-18(2,3)16-6-4-5-7-17(16)19(12)11-13-8-14(20(22)23)10-15(9-13)21(24)25/h4-10H,11H2,1-3H3/q+1. The number of nitro groups is 2. The first kappa shape index (κ1) is 16.8. The third kappa shape index (κ3) is 2.77. The summed E-state index contributed by atoms with van der Waals surface area (Å²) in [6, 6.07) is 11.8. The Morgan fingerprint density at radius 1 is 1.00 bits per heavy atom. The van der Waals surface area contributed by atoms with E-state index in [0.29, 0.717) is 12.1 Å². The van der Waals surface area contributed by atoms with Gasteiger partial charge in [0, 0.05) is 36.2 Å². The molecule has 0 unspecified atom stereocenters. The molecule has 0 aromatic heterocycles. The topological polar surface area (TPSA) is 89.3 Å². The van der Waals surface area contributed by atoms with Gasteiger partial charge in [-0.2, -0.15) is 4.58 Å². The van der Waals surface area contributed by atoms with Crippen molar-refractivity contribution in [2.45, 2.75) is 32.7 Å². The Kier molecular flexibility index (Phi) is 3.87. The van der Waals surface area contributed by atoms with Crippen molar-refractivity contribution in [1.82, 2.24) is 0 Å². The summed E-state index contributed by atoms with van der Waals surface area (Å²) in [7, 11) is 0. The molecule has 3 rings (SSSR count). The molecule has 1 aliphatic heterocycles. The molecule has 7 nitrogen and oxygen atoms in total. The number of hydrogen-bond donors (Lipinski definition) is 0. The molecule has 0 amide bonds. The zero-order valence-corrected chi connectivity index (χ0v) is 14.2. The Morgan fingerprint density at radius 2 is 1.56 bits per heavy atom. The molecule has 7 heteroatoms. The molecular formula is C18H18N3O4+. The molecule has 2 aromatic rings. The number of nitro benzene ring substituents is 2. The minimum atomic E-state index is -0.602. The second-order valence-electron chi connectivity index (χ2n) is 6.69. The van der Waals surface area contributed by atoms with Gasteiger partial charge in [0.2, 0.25) is 5.69 Å². The van der Waals surface area contributed by atoms with E-state index in [2.05, 4.69) is 24.5 Å². The van der Waals surface area contributed by atoms with E-state index < -0.39 is 9.85 Å². The van der Waals surface area contributed by atoms with E-state index in [1.54, 1.807) is 0 Å². The lowest BCUT2D eigenvalue weighted by Gasteiger charge is -2.14. The van der Waals surface area contributed by atoms with E-state index in [0.717, 1.165) is 17.5 Å². The monoisotopic (exact) mass is 340 g/mol. The van der Waals surface area contributed by atoms with Crippen molar-refractivity contribution in [3.8, 4) is 0 Å². The average Bonchev–Trinajstić information content (AvgIpc) is 2.76. The summed E-state index contributed by atoms with van der Waals surface area (Å²) in [5, 5.41) is 22.2. The molecule has 0 radical (unpaired) electrons. The van der Waals surface area contributed by atoms with E-state index in [1.807, 2.05) is 25.1 Å². The van der Waals surface area contributed by atoms with Gasteiger partial charge in [0.05, 0.1) is 21.3 Å². The lowest BCUT2D eigenvalue weighted by Crippen LogP contribution is -2.26. The zero-order chi connectivity index (χ0) is 18.4. The van der Waals surface area contributed by atoms with E-state index >= 15 is 0 Å². The number of benzene rings is 2. The summed E-state index contributed by atoms with van der Waals surface area (Å²) in [5.74, 6) is 0. The molecular weight excluding hydrogens is 322 g/mol. The quantitative estimate of drug-likeness (QED) is 0.476. The van der Waals surface area contributed by atoms with Crippen molar-refractivity contribution in [1.29, 1.82) is 0 Å². The fraction of sp³-hybridized carbons (Fsp3) is 0.278. The lowest BCUT2D eigenvalue weighted by atomic mass is 9.82. The maximum atomic E-state index is 11.1. The molecule has 0 saturated heterocycles. The Bertz CT molecular complexity index is 899. The van der Waals surface area contributed by atoms with Crippen molar-refractivity contribution < 1.29 is 14.4 Å². The number of para-hydroxylation sites is 1. The van der Waals surface area contributed by atoms with Gasteiger partial charge < -0.3 is 0 Å². The SMILES string of the molecule is CC1=[N+](Cc2cc([N+](=O)[O-])cc([N+](=O)[O-])c2)c2ccccc2C1(C)C. The summed E-state index contributed by atoms with van der Waals surface area (Å²) in [6.45, 7) is 6.61. The predicted molar refractivity (Wildman–Crippen MR) is 93.5 cm³/mol. The third-order valence-electron chi connectivity index (χ3n) is 4.90. The maximum absolute atomic E-state index is 11.1. The second-order valence-corrected chi connectivity index (χ2v) is 6.69. The Hall–Kier alpha value is -3.09. The number of rotatable bonds is 4. The van der Waals surface area contributed by atoms with E-state index in [4.69, 9.17) is 0 Å². The van der Waals surface area contributed by atoms with Gasteiger partial charge in [-0.1, -0.05) is 18.2 Å². The van der Waals surface area contributed by atoms with Crippen molar-refractivity contribution in [2.24, 2.45) is 0 Å². The molecule has 0 atom stereocenters. The van der Waals surface area contributed by atoms with Crippen LogP contribution in [0.25, 0.3) is 0 Å². The lowest BCUT2D eigenvalue weighted by molar-refractivity contribution is -0.456. The molecule has 25 heavy (non-hydrogen) atoms. The Labute approximate surface area is 144 Å².